The summed E-state index contributed by atoms with van der Waals surface area (Å²) in [5.74, 6) is 0.772. The highest BCUT2D eigenvalue weighted by molar-refractivity contribution is 6.31. The summed E-state index contributed by atoms with van der Waals surface area (Å²) < 4.78 is 8.00. The van der Waals surface area contributed by atoms with Crippen LogP contribution in [0.5, 0.6) is 5.75 Å². The zero-order valence-electron chi connectivity index (χ0n) is 19.8. The van der Waals surface area contributed by atoms with Crippen LogP contribution in [0.15, 0.2) is 54.6 Å². The monoisotopic (exact) mass is 476 g/mol. The van der Waals surface area contributed by atoms with Gasteiger partial charge in [0.2, 0.25) is 0 Å². The molecule has 0 spiro atoms. The van der Waals surface area contributed by atoms with E-state index in [1.54, 1.807) is 12.1 Å². The number of benzene rings is 3. The normalized spacial score (nSPS) is 11.2. The summed E-state index contributed by atoms with van der Waals surface area (Å²) in [6.07, 6.45) is 3.36. The summed E-state index contributed by atoms with van der Waals surface area (Å²) >= 11 is 6.63. The lowest BCUT2D eigenvalue weighted by Crippen LogP contribution is -2.03. The van der Waals surface area contributed by atoms with E-state index in [1.165, 1.54) is 0 Å². The Kier molecular flexibility index (Phi) is 7.23. The van der Waals surface area contributed by atoms with E-state index < -0.39 is 5.97 Å². The quantitative estimate of drug-likeness (QED) is 0.257. The van der Waals surface area contributed by atoms with Crippen molar-refractivity contribution in [2.75, 3.05) is 6.61 Å². The Balaban J connectivity index is 1.64. The van der Waals surface area contributed by atoms with Gasteiger partial charge in [0.15, 0.2) is 0 Å². The average molecular weight is 477 g/mol. The number of carbonyl (C=O) groups is 1. The van der Waals surface area contributed by atoms with Crippen LogP contribution in [0.3, 0.4) is 0 Å². The maximum atomic E-state index is 11.2. The van der Waals surface area contributed by atoms with Crippen molar-refractivity contribution < 1.29 is 14.6 Å². The zero-order valence-corrected chi connectivity index (χ0v) is 20.5. The summed E-state index contributed by atoms with van der Waals surface area (Å²) in [6.45, 7) is 7.52. The number of aromatic nitrogens is 2. The molecule has 0 saturated heterocycles. The van der Waals surface area contributed by atoms with Gasteiger partial charge < -0.3 is 14.4 Å². The largest absolute Gasteiger partial charge is 0.494 e. The van der Waals surface area contributed by atoms with E-state index in [2.05, 4.69) is 23.6 Å². The number of fused-ring (bicyclic) bond motifs is 1. The number of ether oxygens (including phenoxy) is 1. The van der Waals surface area contributed by atoms with Gasteiger partial charge >= 0.3 is 5.97 Å². The molecule has 0 radical (unpaired) electrons. The lowest BCUT2D eigenvalue weighted by atomic mass is 10.0. The predicted molar refractivity (Wildman–Crippen MR) is 137 cm³/mol. The molecule has 0 amide bonds. The Bertz CT molecular complexity index is 1330. The number of nitrogens with zero attached hydrogens (tertiary/aromatic N) is 2. The Morgan fingerprint density at radius 2 is 1.79 bits per heavy atom. The van der Waals surface area contributed by atoms with Crippen molar-refractivity contribution in [3.8, 4) is 16.9 Å². The fourth-order valence-corrected chi connectivity index (χ4v) is 4.37. The highest BCUT2D eigenvalue weighted by Gasteiger charge is 2.14. The van der Waals surface area contributed by atoms with Crippen LogP contribution in [0.25, 0.3) is 22.2 Å². The van der Waals surface area contributed by atoms with E-state index >= 15 is 0 Å². The van der Waals surface area contributed by atoms with Crippen molar-refractivity contribution in [3.63, 3.8) is 0 Å². The van der Waals surface area contributed by atoms with Crippen LogP contribution in [0.4, 0.5) is 0 Å². The summed E-state index contributed by atoms with van der Waals surface area (Å²) in [5.41, 5.74) is 6.29. The van der Waals surface area contributed by atoms with Crippen LogP contribution in [0.2, 0.25) is 5.02 Å². The van der Waals surface area contributed by atoms with E-state index in [0.29, 0.717) is 18.2 Å². The number of aryl methyl sites for hydroxylation is 2. The Labute approximate surface area is 205 Å². The number of halogens is 1. The summed E-state index contributed by atoms with van der Waals surface area (Å²) in [7, 11) is 0. The third-order valence-electron chi connectivity index (χ3n) is 6.07. The molecule has 0 fully saturated rings. The van der Waals surface area contributed by atoms with Crippen molar-refractivity contribution >= 4 is 28.6 Å². The standard InChI is InChI=1S/C28H29ClN2O3/c1-4-5-6-13-34-24-12-11-22(25(29)16-24)17-31-19(3)30-27-18(2)14-23(15-26(27)31)20-7-9-21(10-8-20)28(32)33/h7-12,14-16H,4-6,13,17H2,1-3H3,(H,32,33). The molecule has 5 nitrogen and oxygen atoms in total. The highest BCUT2D eigenvalue weighted by Crippen LogP contribution is 2.30. The minimum atomic E-state index is -0.929. The Hall–Kier alpha value is -3.31. The molecule has 0 bridgehead atoms. The first kappa shape index (κ1) is 23.8. The number of imidazole rings is 1. The molecular formula is C28H29ClN2O3. The third-order valence-corrected chi connectivity index (χ3v) is 6.42. The number of aromatic carboxylic acids is 1. The van der Waals surface area contributed by atoms with Crippen LogP contribution in [-0.2, 0) is 6.54 Å². The molecule has 4 aromatic rings. The van der Waals surface area contributed by atoms with Gasteiger partial charge in [-0.05, 0) is 78.9 Å². The molecule has 6 heteroatoms. The second-order valence-electron chi connectivity index (χ2n) is 8.60. The van der Waals surface area contributed by atoms with E-state index in [1.807, 2.05) is 44.2 Å². The number of hydrogen-bond acceptors (Lipinski definition) is 3. The Morgan fingerprint density at radius 1 is 1.03 bits per heavy atom. The van der Waals surface area contributed by atoms with E-state index in [-0.39, 0.29) is 5.56 Å². The second-order valence-corrected chi connectivity index (χ2v) is 9.00. The molecule has 1 aromatic heterocycles. The zero-order chi connectivity index (χ0) is 24.2. The molecular weight excluding hydrogens is 448 g/mol. The van der Waals surface area contributed by atoms with Crippen molar-refractivity contribution in [3.05, 3.63) is 82.1 Å². The molecule has 0 saturated carbocycles. The van der Waals surface area contributed by atoms with Gasteiger partial charge in [0.05, 0.1) is 29.7 Å². The van der Waals surface area contributed by atoms with Crippen LogP contribution in [0, 0.1) is 13.8 Å². The number of carboxylic acids is 1. The maximum absolute atomic E-state index is 11.2. The van der Waals surface area contributed by atoms with Crippen molar-refractivity contribution in [2.24, 2.45) is 0 Å². The molecule has 1 N–H and O–H groups in total. The first-order valence-corrected chi connectivity index (χ1v) is 12.0. The fraction of sp³-hybridized carbons (Fsp3) is 0.286. The summed E-state index contributed by atoms with van der Waals surface area (Å²) in [4.78, 5) is 16.0. The van der Waals surface area contributed by atoms with Crippen molar-refractivity contribution in [2.45, 2.75) is 46.6 Å². The van der Waals surface area contributed by atoms with Crippen LogP contribution in [0.1, 0.15) is 53.5 Å². The lowest BCUT2D eigenvalue weighted by molar-refractivity contribution is 0.0697. The molecule has 4 rings (SSSR count). The van der Waals surface area contributed by atoms with E-state index in [9.17, 15) is 9.90 Å². The fourth-order valence-electron chi connectivity index (χ4n) is 4.14. The molecule has 34 heavy (non-hydrogen) atoms. The maximum Gasteiger partial charge on any atom is 0.335 e. The van der Waals surface area contributed by atoms with Gasteiger partial charge in [-0.3, -0.25) is 0 Å². The van der Waals surface area contributed by atoms with Crippen molar-refractivity contribution in [1.82, 2.24) is 9.55 Å². The minimum absolute atomic E-state index is 0.273. The smallest absolute Gasteiger partial charge is 0.335 e. The van der Waals surface area contributed by atoms with Gasteiger partial charge in [-0.25, -0.2) is 9.78 Å². The summed E-state index contributed by atoms with van der Waals surface area (Å²) in [5, 5.41) is 9.86. The Morgan fingerprint density at radius 3 is 2.47 bits per heavy atom. The van der Waals surface area contributed by atoms with E-state index in [0.717, 1.165) is 64.1 Å². The molecule has 0 unspecified atom stereocenters. The van der Waals surface area contributed by atoms with Crippen LogP contribution >= 0.6 is 11.6 Å². The highest BCUT2D eigenvalue weighted by atomic mass is 35.5. The van der Waals surface area contributed by atoms with E-state index in [4.69, 9.17) is 21.3 Å². The number of rotatable bonds is 9. The topological polar surface area (TPSA) is 64.4 Å². The first-order chi connectivity index (χ1) is 16.4. The minimum Gasteiger partial charge on any atom is -0.494 e. The molecule has 0 atom stereocenters. The number of carboxylic acid groups (broad SMARTS) is 1. The van der Waals surface area contributed by atoms with Gasteiger partial charge in [0.1, 0.15) is 11.6 Å². The van der Waals surface area contributed by atoms with Crippen molar-refractivity contribution in [1.29, 1.82) is 0 Å². The van der Waals surface area contributed by atoms with Gasteiger partial charge in [0, 0.05) is 5.02 Å². The van der Waals surface area contributed by atoms with Gasteiger partial charge in [-0.15, -0.1) is 0 Å². The number of hydrogen-bond donors (Lipinski definition) is 1. The van der Waals surface area contributed by atoms with Gasteiger partial charge in [-0.2, -0.15) is 0 Å². The van der Waals surface area contributed by atoms with Gasteiger partial charge in [-0.1, -0.05) is 49.6 Å². The molecule has 3 aromatic carbocycles. The molecule has 0 aliphatic heterocycles. The molecule has 0 aliphatic rings. The predicted octanol–water partition coefficient (Wildman–Crippen LogP) is 7.29. The van der Waals surface area contributed by atoms with Crippen LogP contribution in [-0.4, -0.2) is 27.2 Å². The third kappa shape index (κ3) is 5.10. The second kappa shape index (κ2) is 10.3. The average Bonchev–Trinajstić information content (AvgIpc) is 3.14. The SMILES string of the molecule is CCCCCOc1ccc(Cn2c(C)nc3c(C)cc(-c4ccc(C(=O)O)cc4)cc32)c(Cl)c1. The molecule has 1 heterocycles. The lowest BCUT2D eigenvalue weighted by Gasteiger charge is -2.12. The molecule has 0 aliphatic carbocycles. The number of unbranched alkanes of at least 4 members (excludes halogenated alkanes) is 2. The first-order valence-electron chi connectivity index (χ1n) is 11.6. The molecule has 176 valence electrons. The summed E-state index contributed by atoms with van der Waals surface area (Å²) in [6, 6.07) is 17.0. The van der Waals surface area contributed by atoms with Gasteiger partial charge in [0.25, 0.3) is 0 Å². The van der Waals surface area contributed by atoms with Crippen LogP contribution < -0.4 is 4.74 Å².